The number of nitrogens with zero attached hydrogens (tertiary/aromatic N) is 2. The predicted octanol–water partition coefficient (Wildman–Crippen LogP) is 3.65. The van der Waals surface area contributed by atoms with Gasteiger partial charge in [-0.1, -0.05) is 12.1 Å². The fourth-order valence-corrected chi connectivity index (χ4v) is 2.01. The lowest BCUT2D eigenvalue weighted by molar-refractivity contribution is -0.137. The van der Waals surface area contributed by atoms with Gasteiger partial charge in [-0.3, -0.25) is 0 Å². The lowest BCUT2D eigenvalue weighted by Crippen LogP contribution is -2.04. The van der Waals surface area contributed by atoms with E-state index in [1.54, 1.807) is 0 Å². The average Bonchev–Trinajstić information content (AvgIpc) is 2.76. The van der Waals surface area contributed by atoms with Gasteiger partial charge in [-0.15, -0.1) is 0 Å². The highest BCUT2D eigenvalue weighted by Gasteiger charge is 2.30. The van der Waals surface area contributed by atoms with Gasteiger partial charge in [0.2, 0.25) is 0 Å². The zero-order valence-corrected chi connectivity index (χ0v) is 10.1. The van der Waals surface area contributed by atoms with Crippen molar-refractivity contribution in [2.24, 2.45) is 0 Å². The van der Waals surface area contributed by atoms with E-state index in [2.05, 4.69) is 22.0 Å². The van der Waals surface area contributed by atoms with Crippen LogP contribution in [0.5, 0.6) is 0 Å². The van der Waals surface area contributed by atoms with Crippen molar-refractivity contribution in [3.05, 3.63) is 34.8 Å². The Morgan fingerprint density at radius 3 is 2.29 bits per heavy atom. The molecule has 0 fully saturated rings. The summed E-state index contributed by atoms with van der Waals surface area (Å²) in [5.74, 6) is 0.908. The van der Waals surface area contributed by atoms with Crippen LogP contribution in [0.2, 0.25) is 0 Å². The molecule has 90 valence electrons. The smallest absolute Gasteiger partial charge is 0.219 e. The van der Waals surface area contributed by atoms with E-state index in [9.17, 15) is 13.2 Å². The molecule has 2 nitrogen and oxygen atoms in total. The molecule has 0 spiro atoms. The Balaban J connectivity index is 2.29. The molecule has 2 aromatic rings. The number of aromatic nitrogens is 2. The van der Waals surface area contributed by atoms with Gasteiger partial charge in [0, 0.05) is 11.3 Å². The van der Waals surface area contributed by atoms with E-state index in [4.69, 9.17) is 0 Å². The summed E-state index contributed by atoms with van der Waals surface area (Å²) < 4.78 is 41.1. The Kier molecular flexibility index (Phi) is 3.39. The second-order valence-electron chi connectivity index (χ2n) is 3.24. The van der Waals surface area contributed by atoms with Gasteiger partial charge in [0.05, 0.1) is 5.56 Å². The number of thiol groups is 1. The molecule has 17 heavy (non-hydrogen) atoms. The van der Waals surface area contributed by atoms with Gasteiger partial charge in [0.25, 0.3) is 0 Å². The van der Waals surface area contributed by atoms with Crippen LogP contribution in [-0.2, 0) is 11.9 Å². The molecule has 0 N–H and O–H groups in total. The largest absolute Gasteiger partial charge is 0.416 e. The minimum absolute atomic E-state index is 0.438. The van der Waals surface area contributed by atoms with Crippen LogP contribution in [0.3, 0.4) is 0 Å². The molecule has 0 aliphatic rings. The van der Waals surface area contributed by atoms with Crippen molar-refractivity contribution in [3.8, 4) is 11.4 Å². The SMILES string of the molecule is FC(F)(F)c1ccc(-c2nsc(CS)n2)cc1. The second-order valence-corrected chi connectivity index (χ2v) is 4.40. The maximum absolute atomic E-state index is 12.3. The van der Waals surface area contributed by atoms with E-state index >= 15 is 0 Å². The third kappa shape index (κ3) is 2.78. The predicted molar refractivity (Wildman–Crippen MR) is 63.0 cm³/mol. The summed E-state index contributed by atoms with van der Waals surface area (Å²) in [6.45, 7) is 0. The number of hydrogen-bond donors (Lipinski definition) is 1. The van der Waals surface area contributed by atoms with Crippen molar-refractivity contribution in [3.63, 3.8) is 0 Å². The summed E-state index contributed by atoms with van der Waals surface area (Å²) in [7, 11) is 0. The van der Waals surface area contributed by atoms with Gasteiger partial charge in [-0.05, 0) is 23.7 Å². The molecule has 7 heteroatoms. The van der Waals surface area contributed by atoms with E-state index < -0.39 is 11.7 Å². The Morgan fingerprint density at radius 1 is 1.18 bits per heavy atom. The Hall–Kier alpha value is -1.08. The van der Waals surface area contributed by atoms with Gasteiger partial charge in [-0.25, -0.2) is 4.98 Å². The van der Waals surface area contributed by atoms with Crippen LogP contribution in [0.4, 0.5) is 13.2 Å². The highest BCUT2D eigenvalue weighted by Crippen LogP contribution is 2.30. The molecule has 1 aromatic heterocycles. The standard InChI is InChI=1S/C10H7F3N2S2/c11-10(12,13)7-3-1-6(2-4-7)9-14-8(5-16)17-15-9/h1-4,16H,5H2. The van der Waals surface area contributed by atoms with Crippen LogP contribution in [-0.4, -0.2) is 9.36 Å². The highest BCUT2D eigenvalue weighted by atomic mass is 32.1. The van der Waals surface area contributed by atoms with Gasteiger partial charge in [-0.2, -0.15) is 30.2 Å². The molecule has 0 amide bonds. The van der Waals surface area contributed by atoms with Crippen LogP contribution < -0.4 is 0 Å². The summed E-state index contributed by atoms with van der Waals surface area (Å²) in [5, 5.41) is 0.739. The summed E-state index contributed by atoms with van der Waals surface area (Å²) in [6, 6.07) is 4.79. The summed E-state index contributed by atoms with van der Waals surface area (Å²) >= 11 is 5.24. The molecule has 1 heterocycles. The van der Waals surface area contributed by atoms with E-state index in [0.29, 0.717) is 17.1 Å². The van der Waals surface area contributed by atoms with E-state index in [1.807, 2.05) is 0 Å². The third-order valence-electron chi connectivity index (χ3n) is 2.07. The maximum Gasteiger partial charge on any atom is 0.416 e. The molecule has 0 saturated carbocycles. The summed E-state index contributed by atoms with van der Waals surface area (Å²) in [5.41, 5.74) is -0.104. The van der Waals surface area contributed by atoms with Crippen molar-refractivity contribution in [2.75, 3.05) is 0 Å². The Labute approximate surface area is 105 Å². The van der Waals surface area contributed by atoms with E-state index in [-0.39, 0.29) is 0 Å². The molecule has 1 aromatic carbocycles. The first-order valence-electron chi connectivity index (χ1n) is 4.62. The van der Waals surface area contributed by atoms with Crippen molar-refractivity contribution in [1.29, 1.82) is 0 Å². The fourth-order valence-electron chi connectivity index (χ4n) is 1.24. The fraction of sp³-hybridized carbons (Fsp3) is 0.200. The number of alkyl halides is 3. The molecule has 0 aliphatic carbocycles. The Morgan fingerprint density at radius 2 is 1.82 bits per heavy atom. The lowest BCUT2D eigenvalue weighted by atomic mass is 10.1. The van der Waals surface area contributed by atoms with Crippen LogP contribution in [0.25, 0.3) is 11.4 Å². The van der Waals surface area contributed by atoms with Crippen LogP contribution in [0.1, 0.15) is 10.6 Å². The van der Waals surface area contributed by atoms with Gasteiger partial charge >= 0.3 is 6.18 Å². The van der Waals surface area contributed by atoms with Crippen LogP contribution >= 0.6 is 24.2 Å². The van der Waals surface area contributed by atoms with E-state index in [0.717, 1.165) is 17.1 Å². The normalized spacial score (nSPS) is 11.8. The molecular weight excluding hydrogens is 269 g/mol. The first-order chi connectivity index (χ1) is 8.00. The topological polar surface area (TPSA) is 25.8 Å². The second kappa shape index (κ2) is 4.66. The molecule has 0 saturated heterocycles. The quantitative estimate of drug-likeness (QED) is 0.847. The van der Waals surface area contributed by atoms with Crippen molar-refractivity contribution < 1.29 is 13.2 Å². The molecule has 0 radical (unpaired) electrons. The first-order valence-corrected chi connectivity index (χ1v) is 6.02. The summed E-state index contributed by atoms with van der Waals surface area (Å²) in [6.07, 6.45) is -4.32. The number of benzene rings is 1. The van der Waals surface area contributed by atoms with Crippen LogP contribution in [0.15, 0.2) is 24.3 Å². The minimum Gasteiger partial charge on any atom is -0.219 e. The van der Waals surface area contributed by atoms with Crippen molar-refractivity contribution >= 4 is 24.2 Å². The number of hydrogen-bond acceptors (Lipinski definition) is 4. The third-order valence-corrected chi connectivity index (χ3v) is 3.30. The molecule has 0 unspecified atom stereocenters. The number of halogens is 3. The minimum atomic E-state index is -4.32. The van der Waals surface area contributed by atoms with Gasteiger partial charge in [0.15, 0.2) is 5.82 Å². The first kappa shape index (κ1) is 12.4. The zero-order chi connectivity index (χ0) is 12.5. The zero-order valence-electron chi connectivity index (χ0n) is 8.40. The highest BCUT2D eigenvalue weighted by molar-refractivity contribution is 7.79. The lowest BCUT2D eigenvalue weighted by Gasteiger charge is -2.06. The molecule has 0 atom stereocenters. The maximum atomic E-state index is 12.3. The Bertz CT molecular complexity index is 505. The van der Waals surface area contributed by atoms with Crippen molar-refractivity contribution in [2.45, 2.75) is 11.9 Å². The van der Waals surface area contributed by atoms with Gasteiger partial charge in [0.1, 0.15) is 5.01 Å². The van der Waals surface area contributed by atoms with E-state index in [1.165, 1.54) is 23.7 Å². The van der Waals surface area contributed by atoms with Crippen LogP contribution in [0, 0.1) is 0 Å². The molecule has 0 aliphatic heterocycles. The number of rotatable bonds is 2. The molecule has 0 bridgehead atoms. The monoisotopic (exact) mass is 276 g/mol. The molecular formula is C10H7F3N2S2. The van der Waals surface area contributed by atoms with Gasteiger partial charge < -0.3 is 0 Å². The summed E-state index contributed by atoms with van der Waals surface area (Å²) in [4.78, 5) is 4.14. The van der Waals surface area contributed by atoms with Crippen molar-refractivity contribution in [1.82, 2.24) is 9.36 Å². The molecule has 2 rings (SSSR count). The average molecular weight is 276 g/mol.